The third kappa shape index (κ3) is 3.33. The van der Waals surface area contributed by atoms with Crippen molar-refractivity contribution in [2.75, 3.05) is 31.4 Å². The van der Waals surface area contributed by atoms with Gasteiger partial charge in [-0.25, -0.2) is 4.98 Å². The minimum Gasteiger partial charge on any atom is -0.479 e. The van der Waals surface area contributed by atoms with E-state index in [4.69, 9.17) is 4.74 Å². The van der Waals surface area contributed by atoms with E-state index in [1.807, 2.05) is 48.8 Å². The molecule has 0 fully saturated rings. The lowest BCUT2D eigenvalue weighted by molar-refractivity contribution is -0.117. The van der Waals surface area contributed by atoms with Crippen molar-refractivity contribution in [1.29, 1.82) is 0 Å². The molecule has 1 amide bonds. The average molecular weight is 305 g/mol. The van der Waals surface area contributed by atoms with E-state index in [2.05, 4.69) is 10.3 Å². The first kappa shape index (κ1) is 15.3. The van der Waals surface area contributed by atoms with Crippen LogP contribution in [-0.4, -0.2) is 32.1 Å². The van der Waals surface area contributed by atoms with E-state index in [9.17, 15) is 4.79 Å². The van der Waals surface area contributed by atoms with Crippen LogP contribution in [0.4, 0.5) is 11.4 Å². The number of thiophene rings is 1. The maximum absolute atomic E-state index is 12.4. The van der Waals surface area contributed by atoms with Crippen LogP contribution in [0.2, 0.25) is 0 Å². The maximum Gasteiger partial charge on any atom is 0.239 e. The van der Waals surface area contributed by atoms with Crippen molar-refractivity contribution >= 4 is 28.6 Å². The molecule has 0 spiro atoms. The number of carbonyl (C=O) groups is 1. The molecule has 0 aliphatic carbocycles. The molecule has 0 radical (unpaired) electrons. The molecule has 0 saturated carbocycles. The zero-order chi connectivity index (χ0) is 15.4. The number of nitrogens with one attached hydrogen (secondary N) is 1. The highest BCUT2D eigenvalue weighted by Crippen LogP contribution is 2.33. The largest absolute Gasteiger partial charge is 0.479 e. The molecule has 1 N–H and O–H groups in total. The van der Waals surface area contributed by atoms with Gasteiger partial charge in [-0.1, -0.05) is 0 Å². The van der Waals surface area contributed by atoms with Crippen LogP contribution in [0.25, 0.3) is 0 Å². The molecule has 21 heavy (non-hydrogen) atoms. The Morgan fingerprint density at radius 2 is 2.19 bits per heavy atom. The summed E-state index contributed by atoms with van der Waals surface area (Å²) in [4.78, 5) is 18.5. The third-order valence-corrected chi connectivity index (χ3v) is 3.96. The van der Waals surface area contributed by atoms with Crippen LogP contribution in [0.15, 0.2) is 29.1 Å². The van der Waals surface area contributed by atoms with Crippen LogP contribution in [0, 0.1) is 0 Å². The van der Waals surface area contributed by atoms with E-state index in [1.165, 1.54) is 0 Å². The molecule has 0 unspecified atom stereocenters. The summed E-state index contributed by atoms with van der Waals surface area (Å²) in [5.74, 6) is 0.103. The third-order valence-electron chi connectivity index (χ3n) is 3.25. The quantitative estimate of drug-likeness (QED) is 0.922. The number of rotatable bonds is 5. The van der Waals surface area contributed by atoms with Crippen molar-refractivity contribution in [1.82, 2.24) is 4.98 Å². The number of nitrogens with zero attached hydrogens (tertiary/aromatic N) is 2. The highest BCUT2D eigenvalue weighted by molar-refractivity contribution is 7.08. The van der Waals surface area contributed by atoms with Crippen molar-refractivity contribution in [2.45, 2.75) is 12.8 Å². The molecular weight excluding hydrogens is 286 g/mol. The zero-order valence-electron chi connectivity index (χ0n) is 12.6. The Kier molecular flexibility index (Phi) is 4.80. The van der Waals surface area contributed by atoms with Gasteiger partial charge in [-0.05, 0) is 35.4 Å². The van der Waals surface area contributed by atoms with Gasteiger partial charge < -0.3 is 15.0 Å². The van der Waals surface area contributed by atoms with E-state index in [0.29, 0.717) is 11.6 Å². The number of anilines is 2. The molecule has 0 aliphatic rings. The highest BCUT2D eigenvalue weighted by atomic mass is 32.1. The number of hydrogen-bond donors (Lipinski definition) is 1. The number of carbonyl (C=O) groups excluding carboxylic acids is 1. The summed E-state index contributed by atoms with van der Waals surface area (Å²) in [6.07, 6.45) is 1.66. The fourth-order valence-corrected chi connectivity index (χ4v) is 2.74. The lowest BCUT2D eigenvalue weighted by atomic mass is 10.0. The first-order valence-electron chi connectivity index (χ1n) is 6.58. The van der Waals surface area contributed by atoms with Crippen molar-refractivity contribution < 1.29 is 9.53 Å². The van der Waals surface area contributed by atoms with Gasteiger partial charge >= 0.3 is 0 Å². The lowest BCUT2D eigenvalue weighted by Crippen LogP contribution is -2.21. The summed E-state index contributed by atoms with van der Waals surface area (Å²) in [6.45, 7) is 1.88. The fraction of sp³-hybridized carbons (Fsp3) is 0.333. The van der Waals surface area contributed by atoms with Crippen LogP contribution >= 0.6 is 11.3 Å². The fourth-order valence-electron chi connectivity index (χ4n) is 1.98. The summed E-state index contributed by atoms with van der Waals surface area (Å²) in [5, 5.41) is 6.89. The van der Waals surface area contributed by atoms with Gasteiger partial charge in [0.25, 0.3) is 0 Å². The Morgan fingerprint density at radius 1 is 1.43 bits per heavy atom. The molecule has 2 aromatic rings. The topological polar surface area (TPSA) is 54.5 Å². The van der Waals surface area contributed by atoms with Crippen LogP contribution < -0.4 is 15.0 Å². The van der Waals surface area contributed by atoms with Gasteiger partial charge in [0.1, 0.15) is 5.69 Å². The number of amides is 1. The predicted molar refractivity (Wildman–Crippen MR) is 86.5 cm³/mol. The maximum atomic E-state index is 12.4. The molecule has 6 heteroatoms. The second-order valence-electron chi connectivity index (χ2n) is 4.88. The molecule has 5 nitrogen and oxygen atoms in total. The Bertz CT molecular complexity index is 611. The minimum atomic E-state index is -0.226. The molecule has 0 aromatic carbocycles. The van der Waals surface area contributed by atoms with Crippen LogP contribution in [0.1, 0.15) is 18.4 Å². The Balaban J connectivity index is 2.28. The van der Waals surface area contributed by atoms with E-state index in [1.54, 1.807) is 24.6 Å². The molecule has 0 aliphatic heterocycles. The first-order chi connectivity index (χ1) is 10.0. The van der Waals surface area contributed by atoms with Gasteiger partial charge in [-0.15, -0.1) is 0 Å². The van der Waals surface area contributed by atoms with E-state index in [-0.39, 0.29) is 11.8 Å². The molecule has 2 aromatic heterocycles. The summed E-state index contributed by atoms with van der Waals surface area (Å²) < 4.78 is 5.26. The predicted octanol–water partition coefficient (Wildman–Crippen LogP) is 2.96. The van der Waals surface area contributed by atoms with E-state index >= 15 is 0 Å². The van der Waals surface area contributed by atoms with Crippen LogP contribution in [0.5, 0.6) is 5.88 Å². The van der Waals surface area contributed by atoms with E-state index < -0.39 is 0 Å². The molecule has 2 heterocycles. The van der Waals surface area contributed by atoms with Gasteiger partial charge in [0.2, 0.25) is 11.8 Å². The highest BCUT2D eigenvalue weighted by Gasteiger charge is 2.20. The summed E-state index contributed by atoms with van der Waals surface area (Å²) in [6, 6.07) is 3.80. The summed E-state index contributed by atoms with van der Waals surface area (Å²) >= 11 is 1.58. The van der Waals surface area contributed by atoms with Gasteiger partial charge in [-0.2, -0.15) is 11.3 Å². The smallest absolute Gasteiger partial charge is 0.239 e. The molecule has 2 rings (SSSR count). The second kappa shape index (κ2) is 6.58. The van der Waals surface area contributed by atoms with Crippen molar-refractivity contribution in [2.24, 2.45) is 0 Å². The second-order valence-corrected chi connectivity index (χ2v) is 5.66. The Labute approximate surface area is 128 Å². The Hall–Kier alpha value is -2.08. The zero-order valence-corrected chi connectivity index (χ0v) is 13.4. The number of aromatic nitrogens is 1. The van der Waals surface area contributed by atoms with E-state index in [0.717, 1.165) is 11.3 Å². The minimum absolute atomic E-state index is 0.0807. The number of methoxy groups -OCH3 is 1. The van der Waals surface area contributed by atoms with Gasteiger partial charge in [0, 0.05) is 20.3 Å². The van der Waals surface area contributed by atoms with Crippen molar-refractivity contribution in [3.63, 3.8) is 0 Å². The van der Waals surface area contributed by atoms with Gasteiger partial charge in [0.15, 0.2) is 0 Å². The number of ether oxygens (including phenoxy) is 1. The normalized spacial score (nSPS) is 11.8. The van der Waals surface area contributed by atoms with Crippen molar-refractivity contribution in [3.05, 3.63) is 34.7 Å². The van der Waals surface area contributed by atoms with Gasteiger partial charge in [0.05, 0.1) is 18.7 Å². The van der Waals surface area contributed by atoms with Gasteiger partial charge in [-0.3, -0.25) is 4.79 Å². The monoisotopic (exact) mass is 305 g/mol. The van der Waals surface area contributed by atoms with Crippen molar-refractivity contribution in [3.8, 4) is 5.88 Å². The Morgan fingerprint density at radius 3 is 2.76 bits per heavy atom. The molecule has 1 atom stereocenters. The number of hydrogen-bond acceptors (Lipinski definition) is 5. The number of pyridine rings is 1. The molecule has 0 bridgehead atoms. The first-order valence-corrected chi connectivity index (χ1v) is 7.52. The standard InChI is InChI=1S/C15H19N3O2S/c1-10(11-6-8-21-9-11)14(19)17-13-12(18(2)3)5-7-16-15(13)20-4/h5-10H,1-4H3,(H,17,19)/t10-/m1/s1. The SMILES string of the molecule is COc1nccc(N(C)C)c1NC(=O)[C@H](C)c1ccsc1. The molecule has 0 saturated heterocycles. The lowest BCUT2D eigenvalue weighted by Gasteiger charge is -2.20. The van der Waals surface area contributed by atoms with Crippen LogP contribution in [-0.2, 0) is 4.79 Å². The summed E-state index contributed by atoms with van der Waals surface area (Å²) in [7, 11) is 5.36. The molecular formula is C15H19N3O2S. The summed E-state index contributed by atoms with van der Waals surface area (Å²) in [5.41, 5.74) is 2.46. The van der Waals surface area contributed by atoms with Crippen LogP contribution in [0.3, 0.4) is 0 Å². The molecule has 112 valence electrons. The average Bonchev–Trinajstić information content (AvgIpc) is 3.00.